The average Bonchev–Trinajstić information content (AvgIpc) is 2.93. The van der Waals surface area contributed by atoms with Gasteiger partial charge < -0.3 is 20.1 Å². The van der Waals surface area contributed by atoms with Gasteiger partial charge in [-0.15, -0.1) is 0 Å². The fraction of sp³-hybridized carbons (Fsp3) is 0.444. The van der Waals surface area contributed by atoms with Crippen molar-refractivity contribution in [3.05, 3.63) is 41.9 Å². The first-order valence-corrected chi connectivity index (χ1v) is 8.09. The molecule has 0 bridgehead atoms. The van der Waals surface area contributed by atoms with Crippen LogP contribution in [0.1, 0.15) is 46.5 Å². The van der Waals surface area contributed by atoms with Gasteiger partial charge in [-0.25, -0.2) is 18.6 Å². The predicted molar refractivity (Wildman–Crippen MR) is 92.3 cm³/mol. The van der Waals surface area contributed by atoms with Crippen LogP contribution in [0.2, 0.25) is 0 Å². The highest BCUT2D eigenvalue weighted by Crippen LogP contribution is 2.28. The van der Waals surface area contributed by atoms with Crippen LogP contribution in [0.5, 0.6) is 0 Å². The van der Waals surface area contributed by atoms with E-state index in [9.17, 15) is 18.7 Å². The van der Waals surface area contributed by atoms with Gasteiger partial charge >= 0.3 is 6.09 Å². The maximum absolute atomic E-state index is 13.9. The largest absolute Gasteiger partial charge is 0.444 e. The van der Waals surface area contributed by atoms with Gasteiger partial charge in [0.1, 0.15) is 29.1 Å². The minimum absolute atomic E-state index is 0.00415. The van der Waals surface area contributed by atoms with Crippen LogP contribution in [-0.2, 0) is 4.74 Å². The van der Waals surface area contributed by atoms with Gasteiger partial charge in [0, 0.05) is 5.56 Å². The number of halogens is 2. The first kappa shape index (κ1) is 19.8. The van der Waals surface area contributed by atoms with Gasteiger partial charge in [-0.2, -0.15) is 0 Å². The first-order chi connectivity index (χ1) is 11.9. The Balaban J connectivity index is 2.32. The summed E-state index contributed by atoms with van der Waals surface area (Å²) >= 11 is 0. The van der Waals surface area contributed by atoms with Gasteiger partial charge in [-0.05, 0) is 52.8 Å². The molecule has 26 heavy (non-hydrogen) atoms. The van der Waals surface area contributed by atoms with Gasteiger partial charge in [0.15, 0.2) is 0 Å². The highest BCUT2D eigenvalue weighted by atomic mass is 19.1. The summed E-state index contributed by atoms with van der Waals surface area (Å²) in [5.74, 6) is -1.04. The SMILES string of the molecule is CC(C)(C)OC(=O)NC(c1ncc(-c2cc(F)ccc2F)[nH]1)C(C)(C)O. The van der Waals surface area contributed by atoms with Gasteiger partial charge in [-0.1, -0.05) is 0 Å². The minimum atomic E-state index is -1.40. The molecule has 1 heterocycles. The van der Waals surface area contributed by atoms with E-state index in [0.717, 1.165) is 18.2 Å². The molecule has 0 aliphatic heterocycles. The zero-order valence-corrected chi connectivity index (χ0v) is 15.4. The highest BCUT2D eigenvalue weighted by Gasteiger charge is 2.34. The van der Waals surface area contributed by atoms with Crippen molar-refractivity contribution >= 4 is 6.09 Å². The number of ether oxygens (including phenoxy) is 1. The Morgan fingerprint density at radius 2 is 1.92 bits per heavy atom. The van der Waals surface area contributed by atoms with Crippen LogP contribution >= 0.6 is 0 Å². The van der Waals surface area contributed by atoms with Crippen molar-refractivity contribution in [2.75, 3.05) is 0 Å². The Morgan fingerprint density at radius 3 is 2.50 bits per heavy atom. The summed E-state index contributed by atoms with van der Waals surface area (Å²) in [5.41, 5.74) is -1.90. The number of benzene rings is 1. The smallest absolute Gasteiger partial charge is 0.408 e. The molecule has 0 fully saturated rings. The number of aromatic nitrogens is 2. The van der Waals surface area contributed by atoms with E-state index in [1.54, 1.807) is 20.8 Å². The molecule has 0 radical (unpaired) electrons. The van der Waals surface area contributed by atoms with Gasteiger partial charge in [0.25, 0.3) is 0 Å². The normalized spacial score (nSPS) is 13.4. The molecule has 0 aliphatic rings. The monoisotopic (exact) mass is 367 g/mol. The topological polar surface area (TPSA) is 87.2 Å². The summed E-state index contributed by atoms with van der Waals surface area (Å²) in [5, 5.41) is 12.9. The zero-order valence-electron chi connectivity index (χ0n) is 15.4. The van der Waals surface area contributed by atoms with Crippen molar-refractivity contribution in [2.45, 2.75) is 51.9 Å². The average molecular weight is 367 g/mol. The number of amides is 1. The number of hydrogen-bond acceptors (Lipinski definition) is 4. The van der Waals surface area contributed by atoms with E-state index in [-0.39, 0.29) is 17.1 Å². The van der Waals surface area contributed by atoms with Crippen LogP contribution in [0.25, 0.3) is 11.3 Å². The van der Waals surface area contributed by atoms with E-state index in [2.05, 4.69) is 15.3 Å². The molecule has 8 heteroatoms. The van der Waals surface area contributed by atoms with Gasteiger partial charge in [0.05, 0.1) is 17.5 Å². The number of nitrogens with zero attached hydrogens (tertiary/aromatic N) is 1. The van der Waals surface area contributed by atoms with E-state index in [1.807, 2.05) is 0 Å². The molecule has 142 valence electrons. The second kappa shape index (κ2) is 7.03. The molecule has 1 aromatic carbocycles. The summed E-state index contributed by atoms with van der Waals surface area (Å²) in [6.07, 6.45) is 0.572. The fourth-order valence-corrected chi connectivity index (χ4v) is 2.33. The van der Waals surface area contributed by atoms with Crippen LogP contribution in [0.3, 0.4) is 0 Å². The second-order valence-corrected chi connectivity index (χ2v) is 7.54. The Hall–Kier alpha value is -2.48. The Labute approximate surface area is 150 Å². The molecule has 0 spiro atoms. The maximum atomic E-state index is 13.9. The molecule has 3 N–H and O–H groups in total. The summed E-state index contributed by atoms with van der Waals surface area (Å²) < 4.78 is 32.5. The molecule has 0 aliphatic carbocycles. The van der Waals surface area contributed by atoms with E-state index in [4.69, 9.17) is 4.74 Å². The van der Waals surface area contributed by atoms with Crippen molar-refractivity contribution < 1.29 is 23.4 Å². The number of alkyl carbamates (subject to hydrolysis) is 1. The molecule has 1 atom stereocenters. The molecule has 2 rings (SSSR count). The Kier molecular flexibility index (Phi) is 5.36. The fourth-order valence-electron chi connectivity index (χ4n) is 2.33. The van der Waals surface area contributed by atoms with Crippen molar-refractivity contribution in [3.63, 3.8) is 0 Å². The Bertz CT molecular complexity index is 792. The second-order valence-electron chi connectivity index (χ2n) is 7.54. The number of H-pyrrole nitrogens is 1. The molecule has 0 saturated heterocycles. The number of carbonyl (C=O) groups is 1. The van der Waals surface area contributed by atoms with Gasteiger partial charge in [0.2, 0.25) is 0 Å². The third kappa shape index (κ3) is 5.01. The van der Waals surface area contributed by atoms with Crippen LogP contribution in [0, 0.1) is 11.6 Å². The van der Waals surface area contributed by atoms with E-state index >= 15 is 0 Å². The summed E-state index contributed by atoms with van der Waals surface area (Å²) in [6.45, 7) is 8.11. The lowest BCUT2D eigenvalue weighted by Crippen LogP contribution is -2.44. The van der Waals surface area contributed by atoms with E-state index < -0.39 is 35.0 Å². The number of rotatable bonds is 4. The van der Waals surface area contributed by atoms with Crippen LogP contribution < -0.4 is 5.32 Å². The summed E-state index contributed by atoms with van der Waals surface area (Å²) in [6, 6.07) is 2.10. The number of carbonyl (C=O) groups excluding carboxylic acids is 1. The van der Waals surface area contributed by atoms with Crippen molar-refractivity contribution in [2.24, 2.45) is 0 Å². The summed E-state index contributed by atoms with van der Waals surface area (Å²) in [7, 11) is 0. The zero-order chi connectivity index (χ0) is 19.7. The number of hydrogen-bond donors (Lipinski definition) is 3. The quantitative estimate of drug-likeness (QED) is 0.769. The third-order valence-electron chi connectivity index (χ3n) is 3.46. The van der Waals surface area contributed by atoms with Gasteiger partial charge in [-0.3, -0.25) is 0 Å². The number of imidazole rings is 1. The molecule has 1 amide bonds. The summed E-state index contributed by atoms with van der Waals surface area (Å²) in [4.78, 5) is 19.0. The lowest BCUT2D eigenvalue weighted by atomic mass is 9.98. The number of nitrogens with one attached hydrogen (secondary N) is 2. The van der Waals surface area contributed by atoms with Crippen molar-refractivity contribution in [1.29, 1.82) is 0 Å². The lowest BCUT2D eigenvalue weighted by molar-refractivity contribution is 0.0144. The molecule has 2 aromatic rings. The lowest BCUT2D eigenvalue weighted by Gasteiger charge is -2.30. The van der Waals surface area contributed by atoms with Crippen molar-refractivity contribution in [3.8, 4) is 11.3 Å². The van der Waals surface area contributed by atoms with Crippen LogP contribution in [0.4, 0.5) is 13.6 Å². The predicted octanol–water partition coefficient (Wildman–Crippen LogP) is 3.69. The third-order valence-corrected chi connectivity index (χ3v) is 3.46. The first-order valence-electron chi connectivity index (χ1n) is 8.09. The van der Waals surface area contributed by atoms with Crippen LogP contribution in [0.15, 0.2) is 24.4 Å². The molecule has 1 aromatic heterocycles. The van der Waals surface area contributed by atoms with E-state index in [0.29, 0.717) is 0 Å². The van der Waals surface area contributed by atoms with Crippen LogP contribution in [-0.4, -0.2) is 32.4 Å². The molecular formula is C18H23F2N3O3. The number of aromatic amines is 1. The number of aliphatic hydroxyl groups is 1. The standard InChI is InChI=1S/C18H23F2N3O3/c1-17(2,3)26-16(24)23-14(18(4,5)25)15-21-9-13(22-15)11-8-10(19)6-7-12(11)20/h6-9,14,25H,1-5H3,(H,21,22)(H,23,24). The Morgan fingerprint density at radius 1 is 1.27 bits per heavy atom. The minimum Gasteiger partial charge on any atom is -0.444 e. The maximum Gasteiger partial charge on any atom is 0.408 e. The van der Waals surface area contributed by atoms with Crippen molar-refractivity contribution in [1.82, 2.24) is 15.3 Å². The van der Waals surface area contributed by atoms with E-state index in [1.165, 1.54) is 20.0 Å². The molecule has 0 saturated carbocycles. The highest BCUT2D eigenvalue weighted by molar-refractivity contribution is 5.68. The molecule has 1 unspecified atom stereocenters. The molecular weight excluding hydrogens is 344 g/mol. The molecule has 6 nitrogen and oxygen atoms in total.